The van der Waals surface area contributed by atoms with Crippen molar-refractivity contribution in [2.75, 3.05) is 0 Å². The van der Waals surface area contributed by atoms with Crippen LogP contribution in [0.25, 0.3) is 0 Å². The lowest BCUT2D eigenvalue weighted by molar-refractivity contribution is -0.384. The molecule has 1 N–H and O–H groups in total. The van der Waals surface area contributed by atoms with Crippen LogP contribution < -0.4 is 10.2 Å². The maximum Gasteiger partial charge on any atom is 0.416 e. The van der Waals surface area contributed by atoms with E-state index in [9.17, 15) is 32.9 Å². The van der Waals surface area contributed by atoms with Gasteiger partial charge in [-0.15, -0.1) is 0 Å². The molecular formula is C20H12F3N3O6. The highest BCUT2D eigenvalue weighted by molar-refractivity contribution is 5.95. The number of benzene rings is 2. The van der Waals surface area contributed by atoms with Crippen molar-refractivity contribution < 1.29 is 36.8 Å². The Morgan fingerprint density at radius 1 is 1.12 bits per heavy atom. The average Bonchev–Trinajstić information content (AvgIpc) is 3.29. The number of esters is 1. The summed E-state index contributed by atoms with van der Waals surface area (Å²) >= 11 is 0. The molecule has 3 rings (SSSR count). The molecule has 1 aromatic heterocycles. The number of furan rings is 1. The van der Waals surface area contributed by atoms with E-state index in [1.54, 1.807) is 0 Å². The first-order chi connectivity index (χ1) is 15.1. The summed E-state index contributed by atoms with van der Waals surface area (Å²) < 4.78 is 48.6. The van der Waals surface area contributed by atoms with Crippen molar-refractivity contribution in [3.63, 3.8) is 0 Å². The van der Waals surface area contributed by atoms with Gasteiger partial charge in [0.25, 0.3) is 5.69 Å². The van der Waals surface area contributed by atoms with Gasteiger partial charge in [-0.05, 0) is 36.4 Å². The second-order valence-electron chi connectivity index (χ2n) is 6.12. The number of nitro groups is 1. The molecule has 3 aromatic rings. The molecule has 1 amide bonds. The quantitative estimate of drug-likeness (QED) is 0.199. The number of nitro benzene ring substituents is 1. The smallest absolute Gasteiger partial charge is 0.416 e. The second-order valence-corrected chi connectivity index (χ2v) is 6.12. The van der Waals surface area contributed by atoms with Gasteiger partial charge in [0, 0.05) is 17.7 Å². The van der Waals surface area contributed by atoms with Gasteiger partial charge in [0.05, 0.1) is 28.5 Å². The summed E-state index contributed by atoms with van der Waals surface area (Å²) in [5.74, 6) is -2.11. The molecule has 0 fully saturated rings. The summed E-state index contributed by atoms with van der Waals surface area (Å²) in [6, 6.07) is 9.56. The van der Waals surface area contributed by atoms with Crippen LogP contribution in [0.4, 0.5) is 18.9 Å². The molecule has 0 atom stereocenters. The normalized spacial score (nSPS) is 11.3. The van der Waals surface area contributed by atoms with Crippen molar-refractivity contribution in [1.29, 1.82) is 0 Å². The molecule has 1 heterocycles. The molecule has 0 spiro atoms. The summed E-state index contributed by atoms with van der Waals surface area (Å²) in [5, 5.41) is 14.7. The first-order valence-corrected chi connectivity index (χ1v) is 8.70. The number of carbonyl (C=O) groups excluding carboxylic acids is 2. The van der Waals surface area contributed by atoms with Crippen molar-refractivity contribution in [3.8, 4) is 5.75 Å². The molecule has 0 aliphatic carbocycles. The van der Waals surface area contributed by atoms with Crippen LogP contribution in [-0.4, -0.2) is 23.0 Å². The van der Waals surface area contributed by atoms with Crippen molar-refractivity contribution >= 4 is 23.8 Å². The Bertz CT molecular complexity index is 1190. The number of carbonyl (C=O) groups is 2. The molecular weight excluding hydrogens is 435 g/mol. The lowest BCUT2D eigenvalue weighted by Crippen LogP contribution is -2.17. The minimum absolute atomic E-state index is 0.0441. The lowest BCUT2D eigenvalue weighted by atomic mass is 10.1. The van der Waals surface area contributed by atoms with Crippen LogP contribution in [0.5, 0.6) is 5.75 Å². The van der Waals surface area contributed by atoms with Gasteiger partial charge in [-0.2, -0.15) is 18.3 Å². The van der Waals surface area contributed by atoms with Gasteiger partial charge in [-0.3, -0.25) is 14.9 Å². The van der Waals surface area contributed by atoms with Crippen molar-refractivity contribution in [1.82, 2.24) is 5.43 Å². The number of alkyl halides is 3. The molecule has 0 bridgehead atoms. The molecule has 0 saturated heterocycles. The van der Waals surface area contributed by atoms with E-state index in [1.165, 1.54) is 18.4 Å². The first kappa shape index (κ1) is 22.2. The van der Waals surface area contributed by atoms with Crippen LogP contribution in [0.1, 0.15) is 32.0 Å². The zero-order valence-electron chi connectivity index (χ0n) is 15.8. The summed E-state index contributed by atoms with van der Waals surface area (Å²) in [4.78, 5) is 34.5. The number of halogens is 3. The zero-order valence-corrected chi connectivity index (χ0v) is 15.8. The summed E-state index contributed by atoms with van der Waals surface area (Å²) in [7, 11) is 0. The van der Waals surface area contributed by atoms with Crippen LogP contribution in [0, 0.1) is 10.1 Å². The zero-order chi connectivity index (χ0) is 23.3. The van der Waals surface area contributed by atoms with Gasteiger partial charge in [0.2, 0.25) is 0 Å². The minimum atomic E-state index is -4.66. The van der Waals surface area contributed by atoms with E-state index in [1.807, 2.05) is 0 Å². The number of nitrogens with zero attached hydrogens (tertiary/aromatic N) is 2. The van der Waals surface area contributed by atoms with Gasteiger partial charge >= 0.3 is 18.1 Å². The van der Waals surface area contributed by atoms with Crippen LogP contribution >= 0.6 is 0 Å². The van der Waals surface area contributed by atoms with Crippen LogP contribution in [0.2, 0.25) is 0 Å². The third-order valence-electron chi connectivity index (χ3n) is 3.95. The number of hydrogen-bond acceptors (Lipinski definition) is 7. The van der Waals surface area contributed by atoms with E-state index in [4.69, 9.17) is 9.15 Å². The molecule has 0 unspecified atom stereocenters. The number of rotatable bonds is 6. The molecule has 12 heteroatoms. The maximum absolute atomic E-state index is 12.9. The van der Waals surface area contributed by atoms with Gasteiger partial charge in [-0.25, -0.2) is 10.2 Å². The Morgan fingerprint density at radius 2 is 1.91 bits per heavy atom. The molecule has 0 aliphatic rings. The predicted octanol–water partition coefficient (Wildman–Crippen LogP) is 4.19. The number of hydrogen-bond donors (Lipinski definition) is 1. The maximum atomic E-state index is 12.9. The molecule has 0 aliphatic heterocycles. The number of amides is 1. The monoisotopic (exact) mass is 447 g/mol. The molecule has 0 radical (unpaired) electrons. The highest BCUT2D eigenvalue weighted by atomic mass is 19.4. The van der Waals surface area contributed by atoms with Crippen molar-refractivity contribution in [2.24, 2.45) is 5.10 Å². The van der Waals surface area contributed by atoms with Crippen LogP contribution in [-0.2, 0) is 6.18 Å². The molecule has 0 saturated carbocycles. The second kappa shape index (κ2) is 9.12. The highest BCUT2D eigenvalue weighted by Gasteiger charge is 2.31. The lowest BCUT2D eigenvalue weighted by Gasteiger charge is -2.10. The first-order valence-electron chi connectivity index (χ1n) is 8.70. The van der Waals surface area contributed by atoms with Crippen LogP contribution in [0.15, 0.2) is 70.4 Å². The largest absolute Gasteiger partial charge is 0.459 e. The van der Waals surface area contributed by atoms with Crippen molar-refractivity contribution in [3.05, 3.63) is 93.4 Å². The number of non-ortho nitro benzene ring substituents is 1. The summed E-state index contributed by atoms with van der Waals surface area (Å²) in [5.41, 5.74) is 0.238. The van der Waals surface area contributed by atoms with Gasteiger partial charge in [0.15, 0.2) is 5.76 Å². The van der Waals surface area contributed by atoms with E-state index < -0.39 is 28.5 Å². The van der Waals surface area contributed by atoms with E-state index in [2.05, 4.69) is 10.5 Å². The SMILES string of the molecule is O=C(Oc1ccc([N+](=O)[O-])cc1/C=N/NC(=O)c1ccco1)c1cccc(C(F)(F)F)c1. The highest BCUT2D eigenvalue weighted by Crippen LogP contribution is 2.30. The number of hydrazone groups is 1. The Labute approximate surface area is 177 Å². The topological polar surface area (TPSA) is 124 Å². The fraction of sp³-hybridized carbons (Fsp3) is 0.0500. The molecule has 164 valence electrons. The van der Waals surface area contributed by atoms with Gasteiger partial charge in [0.1, 0.15) is 5.75 Å². The summed E-state index contributed by atoms with van der Waals surface area (Å²) in [6.07, 6.45) is -2.42. The van der Waals surface area contributed by atoms with E-state index in [-0.39, 0.29) is 28.3 Å². The molecule has 2 aromatic carbocycles. The standard InChI is InChI=1S/C20H12F3N3O6/c21-20(22,23)14-4-1-3-12(9-14)19(28)32-16-7-6-15(26(29)30)10-13(16)11-24-25-18(27)17-5-2-8-31-17/h1-11H,(H,25,27)/b24-11+. The Hall–Kier alpha value is -4.48. The fourth-order valence-corrected chi connectivity index (χ4v) is 2.45. The van der Waals surface area contributed by atoms with Gasteiger partial charge < -0.3 is 9.15 Å². The number of ether oxygens (including phenoxy) is 1. The third-order valence-corrected chi connectivity index (χ3v) is 3.95. The molecule has 9 nitrogen and oxygen atoms in total. The Balaban J connectivity index is 1.84. The van der Waals surface area contributed by atoms with E-state index in [0.717, 1.165) is 42.6 Å². The van der Waals surface area contributed by atoms with Gasteiger partial charge in [-0.1, -0.05) is 6.07 Å². The van der Waals surface area contributed by atoms with E-state index in [0.29, 0.717) is 6.07 Å². The van der Waals surface area contributed by atoms with Crippen molar-refractivity contribution in [2.45, 2.75) is 6.18 Å². The Kier molecular flexibility index (Phi) is 6.33. The fourth-order valence-electron chi connectivity index (χ4n) is 2.45. The van der Waals surface area contributed by atoms with Crippen LogP contribution in [0.3, 0.4) is 0 Å². The molecule has 32 heavy (non-hydrogen) atoms. The third kappa shape index (κ3) is 5.36. The number of nitrogens with one attached hydrogen (secondary N) is 1. The minimum Gasteiger partial charge on any atom is -0.459 e. The summed E-state index contributed by atoms with van der Waals surface area (Å²) in [6.45, 7) is 0. The predicted molar refractivity (Wildman–Crippen MR) is 103 cm³/mol. The Morgan fingerprint density at radius 3 is 2.56 bits per heavy atom. The van der Waals surface area contributed by atoms with E-state index >= 15 is 0 Å². The average molecular weight is 447 g/mol.